The van der Waals surface area contributed by atoms with Crippen molar-refractivity contribution in [3.05, 3.63) is 18.0 Å². The molecule has 1 N–H and O–H groups in total. The molecule has 0 aliphatic heterocycles. The molecule has 17 heavy (non-hydrogen) atoms. The normalized spacial score (nSPS) is 13.2. The summed E-state index contributed by atoms with van der Waals surface area (Å²) in [5.41, 5.74) is 1.25. The molecule has 1 aromatic rings. The van der Waals surface area contributed by atoms with Crippen molar-refractivity contribution in [3.63, 3.8) is 0 Å². The van der Waals surface area contributed by atoms with E-state index in [9.17, 15) is 0 Å². The Morgan fingerprint density at radius 1 is 1.41 bits per heavy atom. The van der Waals surface area contributed by atoms with Crippen molar-refractivity contribution in [3.8, 4) is 0 Å². The topological polar surface area (TPSA) is 39.1 Å². The van der Waals surface area contributed by atoms with Gasteiger partial charge in [0.15, 0.2) is 0 Å². The summed E-state index contributed by atoms with van der Waals surface area (Å²) in [5.74, 6) is 0. The van der Waals surface area contributed by atoms with Crippen LogP contribution in [0.25, 0.3) is 0 Å². The Morgan fingerprint density at radius 2 is 2.18 bits per heavy atom. The third kappa shape index (κ3) is 4.13. The second-order valence-corrected chi connectivity index (χ2v) is 4.39. The van der Waals surface area contributed by atoms with Gasteiger partial charge in [-0.2, -0.15) is 5.10 Å². The van der Waals surface area contributed by atoms with E-state index in [2.05, 4.69) is 41.9 Å². The first-order chi connectivity index (χ1) is 8.20. The van der Waals surface area contributed by atoms with Gasteiger partial charge in [0, 0.05) is 25.5 Å². The molecular formula is C13H25N3O. The molecule has 0 aliphatic rings. The molecule has 4 nitrogen and oxygen atoms in total. The van der Waals surface area contributed by atoms with Gasteiger partial charge in [0.05, 0.1) is 11.7 Å². The Bertz CT molecular complexity index is 309. The standard InChI is InChI=1S/C13H25N3O/c1-5-14-12(8-10-17-6-2)13-7-9-15-16(13)11(3)4/h7,9,11-12,14H,5-6,8,10H2,1-4H3. The van der Waals surface area contributed by atoms with Crippen LogP contribution in [0.15, 0.2) is 12.3 Å². The maximum absolute atomic E-state index is 5.44. The number of rotatable bonds is 8. The van der Waals surface area contributed by atoms with E-state index >= 15 is 0 Å². The fourth-order valence-corrected chi connectivity index (χ4v) is 1.98. The first-order valence-electron chi connectivity index (χ1n) is 6.55. The average molecular weight is 239 g/mol. The van der Waals surface area contributed by atoms with Gasteiger partial charge in [-0.15, -0.1) is 0 Å². The van der Waals surface area contributed by atoms with Crippen LogP contribution in [0.3, 0.4) is 0 Å². The molecule has 1 atom stereocenters. The number of nitrogens with one attached hydrogen (secondary N) is 1. The minimum atomic E-state index is 0.330. The summed E-state index contributed by atoms with van der Waals surface area (Å²) in [6.07, 6.45) is 2.86. The van der Waals surface area contributed by atoms with Crippen molar-refractivity contribution < 1.29 is 4.74 Å². The van der Waals surface area contributed by atoms with Crippen molar-refractivity contribution in [1.82, 2.24) is 15.1 Å². The lowest BCUT2D eigenvalue weighted by atomic mass is 10.1. The number of hydrogen-bond donors (Lipinski definition) is 1. The molecule has 0 radical (unpaired) electrons. The van der Waals surface area contributed by atoms with Gasteiger partial charge < -0.3 is 10.1 Å². The molecule has 0 amide bonds. The largest absolute Gasteiger partial charge is 0.382 e. The predicted molar refractivity (Wildman–Crippen MR) is 70.1 cm³/mol. The fraction of sp³-hybridized carbons (Fsp3) is 0.769. The van der Waals surface area contributed by atoms with E-state index in [0.717, 1.165) is 26.2 Å². The summed E-state index contributed by atoms with van der Waals surface area (Å²) in [7, 11) is 0. The highest BCUT2D eigenvalue weighted by atomic mass is 16.5. The van der Waals surface area contributed by atoms with Crippen molar-refractivity contribution in [2.45, 2.75) is 46.2 Å². The van der Waals surface area contributed by atoms with Gasteiger partial charge in [-0.3, -0.25) is 4.68 Å². The Balaban J connectivity index is 2.70. The molecule has 98 valence electrons. The molecule has 0 aromatic carbocycles. The van der Waals surface area contributed by atoms with E-state index in [-0.39, 0.29) is 0 Å². The Morgan fingerprint density at radius 3 is 2.76 bits per heavy atom. The lowest BCUT2D eigenvalue weighted by molar-refractivity contribution is 0.135. The van der Waals surface area contributed by atoms with Crippen LogP contribution in [0.1, 0.15) is 51.9 Å². The summed E-state index contributed by atoms with van der Waals surface area (Å²) < 4.78 is 7.52. The number of aromatic nitrogens is 2. The molecule has 0 saturated heterocycles. The summed E-state index contributed by atoms with van der Waals surface area (Å²) in [6.45, 7) is 11.0. The first-order valence-corrected chi connectivity index (χ1v) is 6.55. The van der Waals surface area contributed by atoms with Crippen molar-refractivity contribution in [1.29, 1.82) is 0 Å². The van der Waals surface area contributed by atoms with E-state index in [1.54, 1.807) is 0 Å². The second-order valence-electron chi connectivity index (χ2n) is 4.39. The van der Waals surface area contributed by atoms with Crippen molar-refractivity contribution in [2.75, 3.05) is 19.8 Å². The molecule has 0 spiro atoms. The van der Waals surface area contributed by atoms with E-state index in [1.165, 1.54) is 5.69 Å². The average Bonchev–Trinajstić information content (AvgIpc) is 2.77. The van der Waals surface area contributed by atoms with E-state index in [1.807, 2.05) is 13.1 Å². The minimum Gasteiger partial charge on any atom is -0.382 e. The van der Waals surface area contributed by atoms with Gasteiger partial charge in [-0.05, 0) is 39.8 Å². The maximum atomic E-state index is 5.44. The zero-order valence-electron chi connectivity index (χ0n) is 11.4. The smallest absolute Gasteiger partial charge is 0.0557 e. The van der Waals surface area contributed by atoms with Crippen LogP contribution >= 0.6 is 0 Å². The van der Waals surface area contributed by atoms with Crippen LogP contribution in [0, 0.1) is 0 Å². The lowest BCUT2D eigenvalue weighted by Crippen LogP contribution is -2.25. The summed E-state index contributed by atoms with van der Waals surface area (Å²) in [4.78, 5) is 0. The van der Waals surface area contributed by atoms with E-state index < -0.39 is 0 Å². The van der Waals surface area contributed by atoms with Crippen LogP contribution in [-0.4, -0.2) is 29.5 Å². The van der Waals surface area contributed by atoms with Gasteiger partial charge in [0.2, 0.25) is 0 Å². The number of nitrogens with zero attached hydrogens (tertiary/aromatic N) is 2. The van der Waals surface area contributed by atoms with Gasteiger partial charge in [0.25, 0.3) is 0 Å². The van der Waals surface area contributed by atoms with Gasteiger partial charge in [-0.1, -0.05) is 6.92 Å². The molecule has 1 unspecified atom stereocenters. The quantitative estimate of drug-likeness (QED) is 0.709. The molecule has 1 heterocycles. The minimum absolute atomic E-state index is 0.330. The Kier molecular flexibility index (Phi) is 6.22. The predicted octanol–water partition coefficient (Wildman–Crippen LogP) is 2.54. The molecule has 0 bridgehead atoms. The zero-order valence-corrected chi connectivity index (χ0v) is 11.4. The highest BCUT2D eigenvalue weighted by Crippen LogP contribution is 2.19. The number of hydrogen-bond acceptors (Lipinski definition) is 3. The molecule has 0 saturated carbocycles. The van der Waals surface area contributed by atoms with Crippen molar-refractivity contribution in [2.24, 2.45) is 0 Å². The van der Waals surface area contributed by atoms with Crippen LogP contribution in [-0.2, 0) is 4.74 Å². The van der Waals surface area contributed by atoms with Crippen LogP contribution in [0.2, 0.25) is 0 Å². The first kappa shape index (κ1) is 14.2. The monoisotopic (exact) mass is 239 g/mol. The zero-order chi connectivity index (χ0) is 12.7. The third-order valence-corrected chi connectivity index (χ3v) is 2.75. The molecular weight excluding hydrogens is 214 g/mol. The highest BCUT2D eigenvalue weighted by molar-refractivity contribution is 5.07. The number of ether oxygens (including phenoxy) is 1. The summed E-state index contributed by atoms with van der Waals surface area (Å²) >= 11 is 0. The lowest BCUT2D eigenvalue weighted by Gasteiger charge is -2.21. The van der Waals surface area contributed by atoms with E-state index in [4.69, 9.17) is 4.74 Å². The van der Waals surface area contributed by atoms with Crippen LogP contribution < -0.4 is 5.32 Å². The summed E-state index contributed by atoms with van der Waals surface area (Å²) in [5, 5.41) is 7.88. The van der Waals surface area contributed by atoms with Crippen LogP contribution in [0.5, 0.6) is 0 Å². The Hall–Kier alpha value is -0.870. The molecule has 1 rings (SSSR count). The second kappa shape index (κ2) is 7.45. The van der Waals surface area contributed by atoms with Gasteiger partial charge in [-0.25, -0.2) is 0 Å². The Labute approximate surface area is 104 Å². The van der Waals surface area contributed by atoms with Gasteiger partial charge in [0.1, 0.15) is 0 Å². The molecule has 4 heteroatoms. The SMILES string of the molecule is CCNC(CCOCC)c1ccnn1C(C)C. The van der Waals surface area contributed by atoms with E-state index in [0.29, 0.717) is 12.1 Å². The van der Waals surface area contributed by atoms with Crippen LogP contribution in [0.4, 0.5) is 0 Å². The molecule has 1 aromatic heterocycles. The third-order valence-electron chi connectivity index (χ3n) is 2.75. The molecule has 0 aliphatic carbocycles. The fourth-order valence-electron chi connectivity index (χ4n) is 1.98. The summed E-state index contributed by atoms with van der Waals surface area (Å²) in [6, 6.07) is 2.82. The van der Waals surface area contributed by atoms with Gasteiger partial charge >= 0.3 is 0 Å². The molecule has 0 fully saturated rings. The maximum Gasteiger partial charge on any atom is 0.0557 e. The highest BCUT2D eigenvalue weighted by Gasteiger charge is 2.16. The van der Waals surface area contributed by atoms with Crippen molar-refractivity contribution >= 4 is 0 Å².